The van der Waals surface area contributed by atoms with E-state index in [-0.39, 0.29) is 17.3 Å². The van der Waals surface area contributed by atoms with Crippen molar-refractivity contribution in [2.45, 2.75) is 64.5 Å². The highest BCUT2D eigenvalue weighted by molar-refractivity contribution is 7.86. The van der Waals surface area contributed by atoms with Crippen LogP contribution in [0.3, 0.4) is 0 Å². The molecule has 0 saturated heterocycles. The molecule has 1 N–H and O–H groups in total. The van der Waals surface area contributed by atoms with Crippen LogP contribution in [-0.4, -0.2) is 37.7 Å². The Hall–Kier alpha value is -1.76. The second kappa shape index (κ2) is 8.06. The average molecular weight is 435 g/mol. The van der Waals surface area contributed by atoms with Crippen LogP contribution >= 0.6 is 0 Å². The molecule has 0 spiro atoms. The maximum atomic E-state index is 13.3. The van der Waals surface area contributed by atoms with Gasteiger partial charge >= 0.3 is 16.1 Å². The molecule has 0 radical (unpaired) electrons. The second-order valence-electron chi connectivity index (χ2n) is 10.3. The number of hydrogen-bond acceptors (Lipinski definition) is 4. The van der Waals surface area contributed by atoms with Crippen LogP contribution in [0.5, 0.6) is 5.75 Å². The van der Waals surface area contributed by atoms with Crippen LogP contribution in [0.2, 0.25) is 0 Å². The third-order valence-electron chi connectivity index (χ3n) is 6.83. The fourth-order valence-electron chi connectivity index (χ4n) is 6.28. The largest absolute Gasteiger partial charge is 0.383 e. The molecule has 0 atom stereocenters. The summed E-state index contributed by atoms with van der Waals surface area (Å²) < 4.78 is 27.5. The number of urea groups is 1. The van der Waals surface area contributed by atoms with Gasteiger partial charge in [-0.05, 0) is 79.9 Å². The molecule has 1 aromatic carbocycles. The van der Waals surface area contributed by atoms with E-state index in [9.17, 15) is 13.2 Å². The third kappa shape index (κ3) is 5.10. The molecule has 2 amide bonds. The van der Waals surface area contributed by atoms with Crippen molar-refractivity contribution >= 4 is 16.1 Å². The Morgan fingerprint density at radius 2 is 1.63 bits per heavy atom. The molecule has 4 aliphatic rings. The Kier molecular flexibility index (Phi) is 5.77. The zero-order chi connectivity index (χ0) is 21.5. The molecule has 6 nitrogen and oxygen atoms in total. The Morgan fingerprint density at radius 3 is 2.10 bits per heavy atom. The normalized spacial score (nSPS) is 29.8. The number of benzene rings is 1. The zero-order valence-corrected chi connectivity index (χ0v) is 19.1. The van der Waals surface area contributed by atoms with Crippen molar-refractivity contribution in [1.82, 2.24) is 10.2 Å². The van der Waals surface area contributed by atoms with Crippen LogP contribution in [0.15, 0.2) is 24.3 Å². The summed E-state index contributed by atoms with van der Waals surface area (Å²) >= 11 is 0. The minimum absolute atomic E-state index is 0.00571. The smallest absolute Gasteiger partial charge is 0.318 e. The predicted octanol–water partition coefficient (Wildman–Crippen LogP) is 4.16. The van der Waals surface area contributed by atoms with E-state index in [1.54, 1.807) is 12.1 Å². The van der Waals surface area contributed by atoms with Crippen molar-refractivity contribution in [1.29, 1.82) is 0 Å². The molecule has 0 heterocycles. The average Bonchev–Trinajstić information content (AvgIpc) is 2.59. The van der Waals surface area contributed by atoms with Crippen molar-refractivity contribution < 1.29 is 17.4 Å². The molecule has 166 valence electrons. The van der Waals surface area contributed by atoms with Crippen molar-refractivity contribution in [2.75, 3.05) is 12.8 Å². The van der Waals surface area contributed by atoms with E-state index in [0.717, 1.165) is 48.8 Å². The Bertz CT molecular complexity index is 844. The second-order valence-corrected chi connectivity index (χ2v) is 11.9. The lowest BCUT2D eigenvalue weighted by molar-refractivity contribution is -0.0160. The molecule has 5 rings (SSSR count). The first-order chi connectivity index (χ1) is 14.1. The lowest BCUT2D eigenvalue weighted by Gasteiger charge is -2.57. The molecule has 0 aromatic heterocycles. The summed E-state index contributed by atoms with van der Waals surface area (Å²) in [6, 6.07) is 6.96. The number of amides is 2. The van der Waals surface area contributed by atoms with Gasteiger partial charge < -0.3 is 14.4 Å². The Labute approximate surface area is 180 Å². The van der Waals surface area contributed by atoms with Gasteiger partial charge in [0.2, 0.25) is 0 Å². The number of nitrogens with one attached hydrogen (secondary N) is 1. The van der Waals surface area contributed by atoms with Crippen LogP contribution < -0.4 is 9.50 Å². The Morgan fingerprint density at radius 1 is 1.10 bits per heavy atom. The highest BCUT2D eigenvalue weighted by atomic mass is 32.2. The molecule has 4 saturated carbocycles. The summed E-state index contributed by atoms with van der Waals surface area (Å²) in [4.78, 5) is 15.2. The first-order valence-corrected chi connectivity index (χ1v) is 13.0. The summed E-state index contributed by atoms with van der Waals surface area (Å²) in [6.07, 6.45) is 8.50. The maximum absolute atomic E-state index is 13.3. The zero-order valence-electron chi connectivity index (χ0n) is 18.3. The van der Waals surface area contributed by atoms with Gasteiger partial charge in [0.05, 0.1) is 6.26 Å². The molecule has 0 unspecified atom stereocenters. The maximum Gasteiger partial charge on any atom is 0.318 e. The first kappa shape index (κ1) is 21.5. The SMILES string of the molecule is CC(C)CN(Cc1ccc(OS(C)(=O)=O)cc1)C(=O)NC12CC3CC(CC(C3)C1)C2. The number of carbonyl (C=O) groups is 1. The van der Waals surface area contributed by atoms with Crippen molar-refractivity contribution in [3.63, 3.8) is 0 Å². The van der Waals surface area contributed by atoms with Crippen LogP contribution in [0.4, 0.5) is 4.79 Å². The quantitative estimate of drug-likeness (QED) is 0.654. The lowest BCUT2D eigenvalue weighted by atomic mass is 9.53. The van der Waals surface area contributed by atoms with Gasteiger partial charge in [0, 0.05) is 18.6 Å². The number of nitrogens with zero attached hydrogens (tertiary/aromatic N) is 1. The van der Waals surface area contributed by atoms with E-state index in [1.807, 2.05) is 17.0 Å². The standard InChI is InChI=1S/C23H34N2O4S/c1-16(2)14-25(15-17-4-6-21(7-5-17)29-30(3,27)28)22(26)24-23-11-18-8-19(12-23)10-20(9-18)13-23/h4-7,16,18-20H,8-15H2,1-3H3,(H,24,26). The van der Waals surface area contributed by atoms with E-state index in [1.165, 1.54) is 19.3 Å². The van der Waals surface area contributed by atoms with Gasteiger partial charge in [-0.15, -0.1) is 0 Å². The molecule has 30 heavy (non-hydrogen) atoms. The first-order valence-electron chi connectivity index (χ1n) is 11.1. The Balaban J connectivity index is 1.44. The summed E-state index contributed by atoms with van der Waals surface area (Å²) in [7, 11) is -3.54. The number of carbonyl (C=O) groups excluding carboxylic acids is 1. The summed E-state index contributed by atoms with van der Waals surface area (Å²) in [5.74, 6) is 3.02. The molecular formula is C23H34N2O4S. The van der Waals surface area contributed by atoms with Gasteiger partial charge in [-0.25, -0.2) is 4.79 Å². The van der Waals surface area contributed by atoms with Gasteiger partial charge in [0.15, 0.2) is 0 Å². The summed E-state index contributed by atoms with van der Waals surface area (Å²) in [6.45, 7) is 5.41. The van der Waals surface area contributed by atoms with Crippen molar-refractivity contribution in [3.05, 3.63) is 29.8 Å². The number of rotatable bonds is 7. The monoisotopic (exact) mass is 434 g/mol. The molecular weight excluding hydrogens is 400 g/mol. The van der Waals surface area contributed by atoms with Crippen LogP contribution in [-0.2, 0) is 16.7 Å². The van der Waals surface area contributed by atoms with Crippen LogP contribution in [0.1, 0.15) is 57.9 Å². The third-order valence-corrected chi connectivity index (χ3v) is 7.32. The topological polar surface area (TPSA) is 75.7 Å². The summed E-state index contributed by atoms with van der Waals surface area (Å²) in [5, 5.41) is 3.48. The van der Waals surface area contributed by atoms with Gasteiger partial charge in [-0.2, -0.15) is 8.42 Å². The molecule has 4 bridgehead atoms. The highest BCUT2D eigenvalue weighted by Gasteiger charge is 2.51. The van der Waals surface area contributed by atoms with E-state index >= 15 is 0 Å². The molecule has 0 aliphatic heterocycles. The minimum atomic E-state index is -3.54. The fourth-order valence-corrected chi connectivity index (χ4v) is 6.74. The van der Waals surface area contributed by atoms with Crippen molar-refractivity contribution in [2.24, 2.45) is 23.7 Å². The van der Waals surface area contributed by atoms with E-state index in [4.69, 9.17) is 4.18 Å². The van der Waals surface area contributed by atoms with Crippen molar-refractivity contribution in [3.8, 4) is 5.75 Å². The molecule has 7 heteroatoms. The van der Waals surface area contributed by atoms with Gasteiger partial charge in [0.25, 0.3) is 0 Å². The van der Waals surface area contributed by atoms with E-state index in [0.29, 0.717) is 19.0 Å². The van der Waals surface area contributed by atoms with E-state index < -0.39 is 10.1 Å². The van der Waals surface area contributed by atoms with Crippen LogP contribution in [0, 0.1) is 23.7 Å². The van der Waals surface area contributed by atoms with Crippen LogP contribution in [0.25, 0.3) is 0 Å². The minimum Gasteiger partial charge on any atom is -0.383 e. The van der Waals surface area contributed by atoms with Gasteiger partial charge in [-0.3, -0.25) is 0 Å². The molecule has 1 aromatic rings. The lowest BCUT2D eigenvalue weighted by Crippen LogP contribution is -2.62. The predicted molar refractivity (Wildman–Crippen MR) is 117 cm³/mol. The molecule has 4 fully saturated rings. The number of hydrogen-bond donors (Lipinski definition) is 1. The van der Waals surface area contributed by atoms with E-state index in [2.05, 4.69) is 19.2 Å². The van der Waals surface area contributed by atoms with Gasteiger partial charge in [0.1, 0.15) is 5.75 Å². The molecule has 4 aliphatic carbocycles. The summed E-state index contributed by atoms with van der Waals surface area (Å²) in [5.41, 5.74) is 0.950. The highest BCUT2D eigenvalue weighted by Crippen LogP contribution is 2.55. The van der Waals surface area contributed by atoms with Gasteiger partial charge in [-0.1, -0.05) is 26.0 Å². The fraction of sp³-hybridized carbons (Fsp3) is 0.696.